The Bertz CT molecular complexity index is 613. The van der Waals surface area contributed by atoms with Gasteiger partial charge >= 0.3 is 0 Å². The minimum atomic E-state index is -0.476. The number of non-ortho nitro benzene ring substituents is 1. The molecule has 0 aliphatic heterocycles. The fourth-order valence-electron chi connectivity index (χ4n) is 1.68. The lowest BCUT2D eigenvalue weighted by molar-refractivity contribution is -0.384. The number of ether oxygens (including phenoxy) is 1. The molecule has 2 aromatic rings. The van der Waals surface area contributed by atoms with Crippen molar-refractivity contribution < 1.29 is 9.66 Å². The number of benzene rings is 2. The van der Waals surface area contributed by atoms with Gasteiger partial charge in [0.1, 0.15) is 12.4 Å². The van der Waals surface area contributed by atoms with Crippen LogP contribution in [0.25, 0.3) is 0 Å². The number of hydrogen-bond donors (Lipinski definition) is 0. The highest BCUT2D eigenvalue weighted by Crippen LogP contribution is 2.29. The molecule has 0 N–H and O–H groups in total. The maximum Gasteiger partial charge on any atom is 0.273 e. The zero-order valence-corrected chi connectivity index (χ0v) is 11.1. The van der Waals surface area contributed by atoms with E-state index in [4.69, 9.17) is 16.3 Å². The molecule has 5 heteroatoms. The van der Waals surface area contributed by atoms with E-state index in [0.29, 0.717) is 17.4 Å². The third-order valence-corrected chi connectivity index (χ3v) is 2.91. The van der Waals surface area contributed by atoms with Crippen LogP contribution in [0.15, 0.2) is 42.5 Å². The molecule has 0 atom stereocenters. The first kappa shape index (κ1) is 13.4. The molecule has 4 nitrogen and oxygen atoms in total. The fourth-order valence-corrected chi connectivity index (χ4v) is 1.85. The van der Waals surface area contributed by atoms with E-state index >= 15 is 0 Å². The number of hydrogen-bond acceptors (Lipinski definition) is 3. The molecule has 0 bridgehead atoms. The lowest BCUT2D eigenvalue weighted by Gasteiger charge is -2.08. The SMILES string of the molecule is Cc1cccc(COc2cc([N+](=O)[O-])ccc2Cl)c1. The first-order chi connectivity index (χ1) is 9.06. The Balaban J connectivity index is 2.15. The third-order valence-electron chi connectivity index (χ3n) is 2.60. The zero-order chi connectivity index (χ0) is 13.8. The van der Waals surface area contributed by atoms with Gasteiger partial charge < -0.3 is 4.74 Å². The van der Waals surface area contributed by atoms with Gasteiger partial charge in [-0.2, -0.15) is 0 Å². The van der Waals surface area contributed by atoms with Crippen LogP contribution in [-0.2, 0) is 6.61 Å². The summed E-state index contributed by atoms with van der Waals surface area (Å²) in [5.74, 6) is 0.317. The molecule has 0 radical (unpaired) electrons. The van der Waals surface area contributed by atoms with E-state index in [0.717, 1.165) is 11.1 Å². The number of rotatable bonds is 4. The van der Waals surface area contributed by atoms with E-state index in [1.54, 1.807) is 0 Å². The standard InChI is InChI=1S/C14H12ClNO3/c1-10-3-2-4-11(7-10)9-19-14-8-12(16(17)18)5-6-13(14)15/h2-8H,9H2,1H3. The maximum absolute atomic E-state index is 10.7. The molecule has 0 saturated heterocycles. The Hall–Kier alpha value is -2.07. The first-order valence-corrected chi connectivity index (χ1v) is 6.06. The average Bonchev–Trinajstić information content (AvgIpc) is 2.37. The zero-order valence-electron chi connectivity index (χ0n) is 10.3. The van der Waals surface area contributed by atoms with Crippen molar-refractivity contribution in [3.63, 3.8) is 0 Å². The summed E-state index contributed by atoms with van der Waals surface area (Å²) in [6.07, 6.45) is 0. The lowest BCUT2D eigenvalue weighted by Crippen LogP contribution is -1.97. The van der Waals surface area contributed by atoms with Crippen molar-refractivity contribution in [3.8, 4) is 5.75 Å². The normalized spacial score (nSPS) is 10.2. The van der Waals surface area contributed by atoms with Crippen molar-refractivity contribution in [1.29, 1.82) is 0 Å². The van der Waals surface area contributed by atoms with Gasteiger partial charge in [-0.25, -0.2) is 0 Å². The van der Waals surface area contributed by atoms with E-state index in [-0.39, 0.29) is 5.69 Å². The molecule has 0 spiro atoms. The van der Waals surface area contributed by atoms with Crippen molar-refractivity contribution in [2.75, 3.05) is 0 Å². The summed E-state index contributed by atoms with van der Waals surface area (Å²) < 4.78 is 5.53. The van der Waals surface area contributed by atoms with Crippen LogP contribution >= 0.6 is 11.6 Å². The molecule has 0 aromatic heterocycles. The highest BCUT2D eigenvalue weighted by molar-refractivity contribution is 6.32. The van der Waals surface area contributed by atoms with Gasteiger partial charge in [-0.3, -0.25) is 10.1 Å². The van der Waals surface area contributed by atoms with Crippen molar-refractivity contribution in [2.24, 2.45) is 0 Å². The molecule has 0 aliphatic rings. The molecule has 98 valence electrons. The molecule has 2 aromatic carbocycles. The smallest absolute Gasteiger partial charge is 0.273 e. The van der Waals surface area contributed by atoms with Gasteiger partial charge in [0.05, 0.1) is 16.0 Å². The van der Waals surface area contributed by atoms with E-state index in [1.807, 2.05) is 31.2 Å². The van der Waals surface area contributed by atoms with Crippen LogP contribution in [0.4, 0.5) is 5.69 Å². The van der Waals surface area contributed by atoms with E-state index in [1.165, 1.54) is 18.2 Å². The summed E-state index contributed by atoms with van der Waals surface area (Å²) >= 11 is 5.95. The minimum absolute atomic E-state index is 0.0383. The first-order valence-electron chi connectivity index (χ1n) is 5.68. The van der Waals surface area contributed by atoms with Crippen molar-refractivity contribution >= 4 is 17.3 Å². The number of nitrogens with zero attached hydrogens (tertiary/aromatic N) is 1. The molecule has 0 aliphatic carbocycles. The quantitative estimate of drug-likeness (QED) is 0.623. The second kappa shape index (κ2) is 5.71. The number of halogens is 1. The topological polar surface area (TPSA) is 52.4 Å². The monoisotopic (exact) mass is 277 g/mol. The predicted octanol–water partition coefficient (Wildman–Crippen LogP) is 4.14. The minimum Gasteiger partial charge on any atom is -0.487 e. The Morgan fingerprint density at radius 2 is 2.05 bits per heavy atom. The molecule has 0 amide bonds. The van der Waals surface area contributed by atoms with Crippen LogP contribution in [0.5, 0.6) is 5.75 Å². The maximum atomic E-state index is 10.7. The Labute approximate surface area is 115 Å². The average molecular weight is 278 g/mol. The van der Waals surface area contributed by atoms with Crippen LogP contribution in [0.1, 0.15) is 11.1 Å². The largest absolute Gasteiger partial charge is 0.487 e. The molecule has 0 fully saturated rings. The predicted molar refractivity (Wildman–Crippen MR) is 73.6 cm³/mol. The molecular formula is C14H12ClNO3. The van der Waals surface area contributed by atoms with Crippen molar-refractivity contribution in [2.45, 2.75) is 13.5 Å². The summed E-state index contributed by atoms with van der Waals surface area (Å²) in [6.45, 7) is 2.31. The molecule has 19 heavy (non-hydrogen) atoms. The highest BCUT2D eigenvalue weighted by atomic mass is 35.5. The van der Waals surface area contributed by atoms with E-state index < -0.39 is 4.92 Å². The van der Waals surface area contributed by atoms with Crippen LogP contribution in [0, 0.1) is 17.0 Å². The summed E-state index contributed by atoms with van der Waals surface area (Å²) in [5.41, 5.74) is 2.08. The van der Waals surface area contributed by atoms with Gasteiger partial charge in [-0.05, 0) is 18.6 Å². The summed E-state index contributed by atoms with van der Waals surface area (Å²) in [5, 5.41) is 11.0. The Kier molecular flexibility index (Phi) is 4.02. The number of nitro benzene ring substituents is 1. The van der Waals surface area contributed by atoms with Gasteiger partial charge in [-0.1, -0.05) is 41.4 Å². The van der Waals surface area contributed by atoms with Gasteiger partial charge in [0.25, 0.3) is 5.69 Å². The molecule has 0 unspecified atom stereocenters. The van der Waals surface area contributed by atoms with Crippen molar-refractivity contribution in [3.05, 3.63) is 68.7 Å². The van der Waals surface area contributed by atoms with Gasteiger partial charge in [0.15, 0.2) is 0 Å². The van der Waals surface area contributed by atoms with Crippen LogP contribution < -0.4 is 4.74 Å². The van der Waals surface area contributed by atoms with Crippen LogP contribution in [0.3, 0.4) is 0 Å². The third kappa shape index (κ3) is 3.45. The number of nitro groups is 1. The summed E-state index contributed by atoms with van der Waals surface area (Å²) in [7, 11) is 0. The fraction of sp³-hybridized carbons (Fsp3) is 0.143. The number of aryl methyl sites for hydroxylation is 1. The second-order valence-corrected chi connectivity index (χ2v) is 4.56. The van der Waals surface area contributed by atoms with Gasteiger partial charge in [0.2, 0.25) is 0 Å². The molecule has 0 heterocycles. The van der Waals surface area contributed by atoms with E-state index in [2.05, 4.69) is 0 Å². The van der Waals surface area contributed by atoms with Gasteiger partial charge in [0, 0.05) is 6.07 Å². The second-order valence-electron chi connectivity index (χ2n) is 4.15. The molecule has 0 saturated carbocycles. The van der Waals surface area contributed by atoms with Crippen molar-refractivity contribution in [1.82, 2.24) is 0 Å². The molecule has 2 rings (SSSR count). The Morgan fingerprint density at radius 3 is 2.74 bits per heavy atom. The Morgan fingerprint density at radius 1 is 1.26 bits per heavy atom. The van der Waals surface area contributed by atoms with E-state index in [9.17, 15) is 10.1 Å². The van der Waals surface area contributed by atoms with Crippen LogP contribution in [-0.4, -0.2) is 4.92 Å². The highest BCUT2D eigenvalue weighted by Gasteiger charge is 2.10. The van der Waals surface area contributed by atoms with Gasteiger partial charge in [-0.15, -0.1) is 0 Å². The summed E-state index contributed by atoms with van der Waals surface area (Å²) in [4.78, 5) is 10.2. The summed E-state index contributed by atoms with van der Waals surface area (Å²) in [6, 6.07) is 12.0. The van der Waals surface area contributed by atoms with Crippen LogP contribution in [0.2, 0.25) is 5.02 Å². The molecular weight excluding hydrogens is 266 g/mol. The lowest BCUT2D eigenvalue weighted by atomic mass is 10.1.